The first-order chi connectivity index (χ1) is 12.8. The molecule has 3 aromatic rings. The summed E-state index contributed by atoms with van der Waals surface area (Å²) in [4.78, 5) is 2.50. The molecule has 2 heterocycles. The predicted octanol–water partition coefficient (Wildman–Crippen LogP) is 3.18. The number of aromatic nitrogens is 2. The van der Waals surface area contributed by atoms with Gasteiger partial charge in [-0.05, 0) is 29.3 Å². The van der Waals surface area contributed by atoms with Crippen molar-refractivity contribution < 1.29 is 0 Å². The molecule has 3 N–H and O–H groups in total. The van der Waals surface area contributed by atoms with Gasteiger partial charge >= 0.3 is 0 Å². The molecule has 1 aliphatic rings. The highest BCUT2D eigenvalue weighted by Gasteiger charge is 2.10. The van der Waals surface area contributed by atoms with Gasteiger partial charge in [0.2, 0.25) is 0 Å². The van der Waals surface area contributed by atoms with Crippen LogP contribution in [0.25, 0.3) is 23.1 Å². The largest absolute Gasteiger partial charge is 0.388 e. The summed E-state index contributed by atoms with van der Waals surface area (Å²) >= 11 is 0. The number of fused-ring (bicyclic) bond motifs is 1. The molecule has 0 spiro atoms. The van der Waals surface area contributed by atoms with Crippen molar-refractivity contribution in [2.24, 2.45) is 0 Å². The van der Waals surface area contributed by atoms with Gasteiger partial charge in [0.25, 0.3) is 0 Å². The van der Waals surface area contributed by atoms with Crippen LogP contribution in [0, 0.1) is 0 Å². The van der Waals surface area contributed by atoms with E-state index in [2.05, 4.69) is 62.1 Å². The van der Waals surface area contributed by atoms with Gasteiger partial charge in [0.15, 0.2) is 0 Å². The van der Waals surface area contributed by atoms with Crippen molar-refractivity contribution in [3.05, 3.63) is 59.3 Å². The van der Waals surface area contributed by atoms with Crippen LogP contribution in [-0.2, 0) is 6.54 Å². The first-order valence-corrected chi connectivity index (χ1v) is 9.18. The normalized spacial score (nSPS) is 15.7. The van der Waals surface area contributed by atoms with Crippen molar-refractivity contribution in [1.29, 1.82) is 0 Å². The zero-order chi connectivity index (χ0) is 17.8. The lowest BCUT2D eigenvalue weighted by molar-refractivity contribution is 0.233. The minimum atomic E-state index is 0.965. The monoisotopic (exact) mass is 347 g/mol. The van der Waals surface area contributed by atoms with Crippen LogP contribution in [0.3, 0.4) is 0 Å². The van der Waals surface area contributed by atoms with E-state index in [1.54, 1.807) is 0 Å². The van der Waals surface area contributed by atoms with Crippen LogP contribution < -0.4 is 10.6 Å². The SMILES string of the molecule is CNc1cc(CN2CCNCC2)ccc1/C=C/c1n[nH]c2ccccc12. The van der Waals surface area contributed by atoms with Crippen molar-refractivity contribution in [2.75, 3.05) is 38.5 Å². The van der Waals surface area contributed by atoms with E-state index in [1.165, 1.54) is 11.1 Å². The zero-order valence-electron chi connectivity index (χ0n) is 15.1. The number of hydrogen-bond donors (Lipinski definition) is 3. The zero-order valence-corrected chi connectivity index (χ0v) is 15.1. The lowest BCUT2D eigenvalue weighted by atomic mass is 10.1. The fraction of sp³-hybridized carbons (Fsp3) is 0.286. The van der Waals surface area contributed by atoms with Crippen molar-refractivity contribution >= 4 is 28.7 Å². The third-order valence-electron chi connectivity index (χ3n) is 4.92. The molecule has 4 rings (SSSR count). The van der Waals surface area contributed by atoms with E-state index in [0.717, 1.165) is 55.0 Å². The summed E-state index contributed by atoms with van der Waals surface area (Å²) < 4.78 is 0. The van der Waals surface area contributed by atoms with Crippen molar-refractivity contribution in [3.8, 4) is 0 Å². The highest BCUT2D eigenvalue weighted by atomic mass is 15.2. The Hall–Kier alpha value is -2.63. The van der Waals surface area contributed by atoms with Gasteiger partial charge in [0.05, 0.1) is 11.2 Å². The Morgan fingerprint density at radius 3 is 2.81 bits per heavy atom. The average Bonchev–Trinajstić information content (AvgIpc) is 3.11. The maximum Gasteiger partial charge on any atom is 0.0927 e. The van der Waals surface area contributed by atoms with Crippen LogP contribution in [0.15, 0.2) is 42.5 Å². The molecule has 5 nitrogen and oxygen atoms in total. The molecule has 26 heavy (non-hydrogen) atoms. The second-order valence-corrected chi connectivity index (χ2v) is 6.69. The molecule has 0 bridgehead atoms. The summed E-state index contributed by atoms with van der Waals surface area (Å²) in [5.41, 5.74) is 5.69. The number of nitrogens with one attached hydrogen (secondary N) is 3. The molecule has 0 radical (unpaired) electrons. The van der Waals surface area contributed by atoms with Crippen LogP contribution >= 0.6 is 0 Å². The number of piperazine rings is 1. The van der Waals surface area contributed by atoms with E-state index in [-0.39, 0.29) is 0 Å². The lowest BCUT2D eigenvalue weighted by Gasteiger charge is -2.27. The summed E-state index contributed by atoms with van der Waals surface area (Å²) in [6, 6.07) is 14.9. The van der Waals surface area contributed by atoms with Gasteiger partial charge in [-0.25, -0.2) is 0 Å². The maximum absolute atomic E-state index is 4.42. The fourth-order valence-corrected chi connectivity index (χ4v) is 3.47. The topological polar surface area (TPSA) is 56.0 Å². The number of nitrogens with zero attached hydrogens (tertiary/aromatic N) is 2. The minimum Gasteiger partial charge on any atom is -0.388 e. The molecule has 2 aromatic carbocycles. The smallest absolute Gasteiger partial charge is 0.0927 e. The summed E-state index contributed by atoms with van der Waals surface area (Å²) in [7, 11) is 1.98. The van der Waals surface area contributed by atoms with E-state index < -0.39 is 0 Å². The molecule has 5 heteroatoms. The summed E-state index contributed by atoms with van der Waals surface area (Å²) in [5, 5.41) is 15.4. The van der Waals surface area contributed by atoms with Crippen LogP contribution in [-0.4, -0.2) is 48.3 Å². The quantitative estimate of drug-likeness (QED) is 0.663. The number of aromatic amines is 1. The van der Waals surface area contributed by atoms with Gasteiger partial charge in [0, 0.05) is 50.8 Å². The van der Waals surface area contributed by atoms with Crippen LogP contribution in [0.1, 0.15) is 16.8 Å². The number of H-pyrrole nitrogens is 1. The van der Waals surface area contributed by atoms with Gasteiger partial charge in [-0.15, -0.1) is 0 Å². The molecular formula is C21H25N5. The van der Waals surface area contributed by atoms with Crippen LogP contribution in [0.4, 0.5) is 5.69 Å². The van der Waals surface area contributed by atoms with Crippen molar-refractivity contribution in [3.63, 3.8) is 0 Å². The second-order valence-electron chi connectivity index (χ2n) is 6.69. The third-order valence-corrected chi connectivity index (χ3v) is 4.92. The Balaban J connectivity index is 1.54. The molecule has 0 unspecified atom stereocenters. The Labute approximate surface area is 154 Å². The molecule has 0 atom stereocenters. The fourth-order valence-electron chi connectivity index (χ4n) is 3.47. The summed E-state index contributed by atoms with van der Waals surface area (Å²) in [6.07, 6.45) is 4.20. The first-order valence-electron chi connectivity index (χ1n) is 9.18. The van der Waals surface area contributed by atoms with E-state index in [4.69, 9.17) is 0 Å². The van der Waals surface area contributed by atoms with E-state index in [1.807, 2.05) is 25.2 Å². The maximum atomic E-state index is 4.42. The number of anilines is 1. The molecule has 1 aromatic heterocycles. The Morgan fingerprint density at radius 2 is 1.96 bits per heavy atom. The molecule has 1 fully saturated rings. The number of hydrogen-bond acceptors (Lipinski definition) is 4. The van der Waals surface area contributed by atoms with Gasteiger partial charge in [-0.3, -0.25) is 10.00 Å². The Morgan fingerprint density at radius 1 is 1.12 bits per heavy atom. The molecule has 0 saturated carbocycles. The van der Waals surface area contributed by atoms with E-state index in [9.17, 15) is 0 Å². The van der Waals surface area contributed by atoms with Crippen molar-refractivity contribution in [1.82, 2.24) is 20.4 Å². The van der Waals surface area contributed by atoms with Gasteiger partial charge in [-0.1, -0.05) is 36.4 Å². The van der Waals surface area contributed by atoms with Gasteiger partial charge in [0.1, 0.15) is 0 Å². The first kappa shape index (κ1) is 16.8. The van der Waals surface area contributed by atoms with Gasteiger partial charge < -0.3 is 10.6 Å². The minimum absolute atomic E-state index is 0.965. The highest BCUT2D eigenvalue weighted by molar-refractivity contribution is 5.90. The summed E-state index contributed by atoms with van der Waals surface area (Å²) in [5.74, 6) is 0. The Bertz CT molecular complexity index is 906. The lowest BCUT2D eigenvalue weighted by Crippen LogP contribution is -2.42. The second kappa shape index (κ2) is 7.72. The summed E-state index contributed by atoms with van der Waals surface area (Å²) in [6.45, 7) is 5.39. The van der Waals surface area contributed by atoms with E-state index in [0.29, 0.717) is 0 Å². The van der Waals surface area contributed by atoms with Crippen LogP contribution in [0.2, 0.25) is 0 Å². The van der Waals surface area contributed by atoms with Crippen LogP contribution in [0.5, 0.6) is 0 Å². The number of para-hydroxylation sites is 1. The number of rotatable bonds is 5. The Kier molecular flexibility index (Phi) is 5.00. The average molecular weight is 347 g/mol. The molecular weight excluding hydrogens is 322 g/mol. The standard InChI is InChI=1S/C21H25N5/c1-22-21-14-16(15-26-12-10-23-11-13-26)6-7-17(21)8-9-20-18-4-2-3-5-19(18)24-25-20/h2-9,14,22-23H,10-13,15H2,1H3,(H,24,25)/b9-8+. The third kappa shape index (κ3) is 3.64. The highest BCUT2D eigenvalue weighted by Crippen LogP contribution is 2.23. The predicted molar refractivity (Wildman–Crippen MR) is 109 cm³/mol. The van der Waals surface area contributed by atoms with Gasteiger partial charge in [-0.2, -0.15) is 5.10 Å². The molecule has 134 valence electrons. The van der Waals surface area contributed by atoms with Crippen molar-refractivity contribution in [2.45, 2.75) is 6.54 Å². The molecule has 0 amide bonds. The molecule has 1 aliphatic heterocycles. The molecule has 1 saturated heterocycles. The molecule has 0 aliphatic carbocycles. The number of benzene rings is 2. The van der Waals surface area contributed by atoms with E-state index >= 15 is 0 Å².